The number of hydrogen-bond donors (Lipinski definition) is 1. The molecule has 25 heavy (non-hydrogen) atoms. The zero-order valence-electron chi connectivity index (χ0n) is 14.0. The summed E-state index contributed by atoms with van der Waals surface area (Å²) in [4.78, 5) is 27.9. The van der Waals surface area contributed by atoms with Gasteiger partial charge in [-0.1, -0.05) is 18.7 Å². The van der Waals surface area contributed by atoms with Crippen LogP contribution in [0.2, 0.25) is 0 Å². The van der Waals surface area contributed by atoms with E-state index in [1.165, 1.54) is 40.0 Å². The van der Waals surface area contributed by atoms with E-state index in [1.54, 1.807) is 17.7 Å². The van der Waals surface area contributed by atoms with Crippen LogP contribution in [0.5, 0.6) is 0 Å². The van der Waals surface area contributed by atoms with E-state index in [-0.39, 0.29) is 5.91 Å². The Morgan fingerprint density at radius 3 is 3.12 bits per heavy atom. The van der Waals surface area contributed by atoms with E-state index < -0.39 is 0 Å². The highest BCUT2D eigenvalue weighted by molar-refractivity contribution is 8.00. The topological polar surface area (TPSA) is 67.8 Å². The Bertz CT molecular complexity index is 933. The first-order chi connectivity index (χ1) is 12.1. The summed E-state index contributed by atoms with van der Waals surface area (Å²) in [6, 6.07) is 0. The van der Waals surface area contributed by atoms with Gasteiger partial charge < -0.3 is 5.32 Å². The average molecular weight is 391 g/mol. The highest BCUT2D eigenvalue weighted by Crippen LogP contribution is 2.40. The maximum Gasteiger partial charge on any atom is 0.236 e. The van der Waals surface area contributed by atoms with Crippen LogP contribution in [0.25, 0.3) is 10.2 Å². The maximum atomic E-state index is 12.2. The third-order valence-corrected chi connectivity index (χ3v) is 7.29. The molecule has 1 N–H and O–H groups in total. The number of thioether (sulfide) groups is 1. The van der Waals surface area contributed by atoms with Crippen LogP contribution in [0.3, 0.4) is 0 Å². The lowest BCUT2D eigenvalue weighted by molar-refractivity contribution is -0.113. The molecule has 0 fully saturated rings. The number of thiazole rings is 1. The largest absolute Gasteiger partial charge is 0.301 e. The van der Waals surface area contributed by atoms with E-state index >= 15 is 0 Å². The fourth-order valence-electron chi connectivity index (χ4n) is 3.06. The van der Waals surface area contributed by atoms with Crippen LogP contribution in [-0.4, -0.2) is 26.6 Å². The summed E-state index contributed by atoms with van der Waals surface area (Å²) in [7, 11) is 0. The number of hydrogen-bond acceptors (Lipinski definition) is 7. The molecule has 1 atom stereocenters. The Kier molecular flexibility index (Phi) is 4.75. The molecule has 0 saturated carbocycles. The lowest BCUT2D eigenvalue weighted by Crippen LogP contribution is -2.14. The highest BCUT2D eigenvalue weighted by Gasteiger charge is 2.23. The van der Waals surface area contributed by atoms with Crippen molar-refractivity contribution in [2.45, 2.75) is 38.1 Å². The van der Waals surface area contributed by atoms with E-state index in [4.69, 9.17) is 0 Å². The number of carbonyl (C=O) groups excluding carboxylic acids is 1. The van der Waals surface area contributed by atoms with Gasteiger partial charge in [0.05, 0.1) is 11.4 Å². The number of aromatic nitrogens is 3. The number of amides is 1. The number of fused-ring (bicyclic) bond motifs is 3. The summed E-state index contributed by atoms with van der Waals surface area (Å²) in [5, 5.41) is 7.51. The molecule has 0 radical (unpaired) electrons. The molecule has 1 aliphatic carbocycles. The van der Waals surface area contributed by atoms with Crippen LogP contribution in [0, 0.1) is 12.8 Å². The van der Waals surface area contributed by atoms with Gasteiger partial charge in [0, 0.05) is 15.6 Å². The van der Waals surface area contributed by atoms with Gasteiger partial charge in [-0.05, 0) is 37.7 Å². The Hall–Kier alpha value is -1.51. The summed E-state index contributed by atoms with van der Waals surface area (Å²) < 4.78 is 0. The van der Waals surface area contributed by atoms with Crippen molar-refractivity contribution in [2.24, 2.45) is 5.92 Å². The molecule has 0 saturated heterocycles. The Morgan fingerprint density at radius 1 is 1.44 bits per heavy atom. The molecule has 0 aromatic carbocycles. The summed E-state index contributed by atoms with van der Waals surface area (Å²) in [5.74, 6) is 1.01. The van der Waals surface area contributed by atoms with Crippen molar-refractivity contribution < 1.29 is 4.79 Å². The number of anilines is 1. The Morgan fingerprint density at radius 2 is 2.32 bits per heavy atom. The second kappa shape index (κ2) is 7.01. The molecule has 1 amide bonds. The van der Waals surface area contributed by atoms with Crippen LogP contribution in [0.4, 0.5) is 5.13 Å². The molecule has 0 unspecified atom stereocenters. The average Bonchev–Trinajstić information content (AvgIpc) is 3.15. The second-order valence-electron chi connectivity index (χ2n) is 6.34. The Labute approximate surface area is 158 Å². The number of nitrogens with one attached hydrogen (secondary N) is 1. The molecule has 4 rings (SSSR count). The molecule has 0 aliphatic heterocycles. The first kappa shape index (κ1) is 16.9. The predicted octanol–water partition coefficient (Wildman–Crippen LogP) is 4.31. The smallest absolute Gasteiger partial charge is 0.236 e. The first-order valence-corrected chi connectivity index (χ1v) is 10.9. The van der Waals surface area contributed by atoms with Gasteiger partial charge in [0.25, 0.3) is 0 Å². The first-order valence-electron chi connectivity index (χ1n) is 8.20. The zero-order chi connectivity index (χ0) is 17.4. The van der Waals surface area contributed by atoms with Crippen LogP contribution < -0.4 is 5.32 Å². The van der Waals surface area contributed by atoms with Gasteiger partial charge in [0.1, 0.15) is 16.2 Å². The minimum absolute atomic E-state index is 0.0520. The van der Waals surface area contributed by atoms with Crippen LogP contribution in [-0.2, 0) is 17.6 Å². The van der Waals surface area contributed by atoms with Crippen LogP contribution in [0.15, 0.2) is 16.7 Å². The van der Waals surface area contributed by atoms with Crippen molar-refractivity contribution in [2.75, 3.05) is 11.1 Å². The van der Waals surface area contributed by atoms with E-state index in [9.17, 15) is 4.79 Å². The van der Waals surface area contributed by atoms with E-state index in [2.05, 4.69) is 27.2 Å². The summed E-state index contributed by atoms with van der Waals surface area (Å²) in [6.45, 7) is 4.22. The number of thiophene rings is 1. The molecule has 5 nitrogen and oxygen atoms in total. The zero-order valence-corrected chi connectivity index (χ0v) is 16.5. The molecule has 3 aromatic heterocycles. The van der Waals surface area contributed by atoms with Crippen molar-refractivity contribution in [1.82, 2.24) is 15.0 Å². The van der Waals surface area contributed by atoms with Gasteiger partial charge in [0.15, 0.2) is 5.13 Å². The van der Waals surface area contributed by atoms with Crippen molar-refractivity contribution in [3.8, 4) is 0 Å². The van der Waals surface area contributed by atoms with Gasteiger partial charge >= 0.3 is 0 Å². The third kappa shape index (κ3) is 3.56. The molecule has 3 aromatic rings. The van der Waals surface area contributed by atoms with Crippen molar-refractivity contribution in [3.05, 3.63) is 27.8 Å². The molecular formula is C17H18N4OS3. The van der Waals surface area contributed by atoms with Crippen molar-refractivity contribution >= 4 is 55.7 Å². The third-order valence-electron chi connectivity index (χ3n) is 4.26. The molecule has 0 bridgehead atoms. The van der Waals surface area contributed by atoms with Crippen molar-refractivity contribution in [1.29, 1.82) is 0 Å². The monoisotopic (exact) mass is 390 g/mol. The van der Waals surface area contributed by atoms with E-state index in [1.807, 2.05) is 12.3 Å². The van der Waals surface area contributed by atoms with Gasteiger partial charge in [0.2, 0.25) is 5.91 Å². The van der Waals surface area contributed by atoms with Gasteiger partial charge in [-0.15, -0.1) is 22.7 Å². The van der Waals surface area contributed by atoms with Gasteiger partial charge in [-0.25, -0.2) is 15.0 Å². The molecule has 0 spiro atoms. The molecule has 3 heterocycles. The fraction of sp³-hybridized carbons (Fsp3) is 0.412. The van der Waals surface area contributed by atoms with E-state index in [0.29, 0.717) is 10.9 Å². The quantitative estimate of drug-likeness (QED) is 0.531. The lowest BCUT2D eigenvalue weighted by atomic mass is 9.89. The summed E-state index contributed by atoms with van der Waals surface area (Å²) >= 11 is 4.71. The van der Waals surface area contributed by atoms with Gasteiger partial charge in [-0.3, -0.25) is 4.79 Å². The summed E-state index contributed by atoms with van der Waals surface area (Å²) in [5.41, 5.74) is 2.32. The minimum atomic E-state index is -0.0520. The molecular weight excluding hydrogens is 372 g/mol. The predicted molar refractivity (Wildman–Crippen MR) is 105 cm³/mol. The normalized spacial score (nSPS) is 16.8. The SMILES string of the molecule is Cc1csc(NC(=O)CSc2ncnc3sc4c(c23)CC[C@@H](C)C4)n1. The van der Waals surface area contributed by atoms with Crippen molar-refractivity contribution in [3.63, 3.8) is 0 Å². The number of carbonyl (C=O) groups is 1. The minimum Gasteiger partial charge on any atom is -0.301 e. The molecule has 130 valence electrons. The number of aryl methyl sites for hydroxylation is 2. The number of nitrogens with zero attached hydrogens (tertiary/aromatic N) is 3. The highest BCUT2D eigenvalue weighted by atomic mass is 32.2. The maximum absolute atomic E-state index is 12.2. The Balaban J connectivity index is 1.52. The molecule has 8 heteroatoms. The van der Waals surface area contributed by atoms with Gasteiger partial charge in [-0.2, -0.15) is 0 Å². The van der Waals surface area contributed by atoms with E-state index in [0.717, 1.165) is 39.7 Å². The molecule has 1 aliphatic rings. The number of rotatable bonds is 4. The standard InChI is InChI=1S/C17H18N4OS3/c1-9-3-4-11-12(5-9)25-16-14(11)15(18-8-19-16)23-7-13(22)21-17-20-10(2)6-24-17/h6,8-9H,3-5,7H2,1-2H3,(H,20,21,22)/t9-/m1/s1. The van der Waals surface area contributed by atoms with Crippen LogP contribution in [0.1, 0.15) is 29.5 Å². The fourth-order valence-corrected chi connectivity index (χ4v) is 6.00. The summed E-state index contributed by atoms with van der Waals surface area (Å²) in [6.07, 6.45) is 5.03. The van der Waals surface area contributed by atoms with Crippen LogP contribution >= 0.6 is 34.4 Å². The second-order valence-corrected chi connectivity index (χ2v) is 9.25. The lowest BCUT2D eigenvalue weighted by Gasteiger charge is -2.18.